The van der Waals surface area contributed by atoms with Crippen LogP contribution in [0.5, 0.6) is 0 Å². The number of oxazole rings is 1. The molecular weight excluding hydrogens is 451 g/mol. The molecule has 3 heterocycles. The van der Waals surface area contributed by atoms with E-state index in [1.165, 1.54) is 29.5 Å². The molecule has 0 aliphatic rings. The lowest BCUT2D eigenvalue weighted by atomic mass is 10.1. The fourth-order valence-corrected chi connectivity index (χ4v) is 4.63. The Morgan fingerprint density at radius 2 is 1.97 bits per heavy atom. The highest BCUT2D eigenvalue weighted by atomic mass is 32.2. The molecule has 0 fully saturated rings. The summed E-state index contributed by atoms with van der Waals surface area (Å²) in [6, 6.07) is 8.04. The van der Waals surface area contributed by atoms with Crippen LogP contribution in [-0.2, 0) is 17.4 Å². The summed E-state index contributed by atoms with van der Waals surface area (Å²) in [5.74, 6) is -0.869. The molecule has 1 aromatic carbocycles. The van der Waals surface area contributed by atoms with E-state index in [9.17, 15) is 22.2 Å². The lowest BCUT2D eigenvalue weighted by Crippen LogP contribution is -2.29. The third-order valence-corrected chi connectivity index (χ3v) is 6.35. The van der Waals surface area contributed by atoms with E-state index in [-0.39, 0.29) is 15.1 Å². The standard InChI is InChI=1S/C20H16F3N3O3S2/c1-11(2)7-14-8-13(5-6-24-14)18-25-15(10-30-18)12-3-4-16-17(9-12)29-19(27)26(16)31(28)20(21,22)23/h3-6,8-11H,7H2,1-2H3. The summed E-state index contributed by atoms with van der Waals surface area (Å²) in [4.78, 5) is 20.8. The summed E-state index contributed by atoms with van der Waals surface area (Å²) in [6.45, 7) is 4.23. The molecule has 11 heteroatoms. The third-order valence-electron chi connectivity index (χ3n) is 4.39. The predicted molar refractivity (Wildman–Crippen MR) is 113 cm³/mol. The van der Waals surface area contributed by atoms with Crippen LogP contribution in [0.3, 0.4) is 0 Å². The summed E-state index contributed by atoms with van der Waals surface area (Å²) in [5, 5.41) is 2.57. The minimum Gasteiger partial charge on any atom is -0.407 e. The van der Waals surface area contributed by atoms with E-state index >= 15 is 0 Å². The van der Waals surface area contributed by atoms with Crippen LogP contribution >= 0.6 is 11.3 Å². The van der Waals surface area contributed by atoms with E-state index in [2.05, 4.69) is 23.8 Å². The van der Waals surface area contributed by atoms with Crippen molar-refractivity contribution in [3.8, 4) is 21.8 Å². The first-order valence-corrected chi connectivity index (χ1v) is 11.2. The number of hydrogen-bond donors (Lipinski definition) is 0. The van der Waals surface area contributed by atoms with E-state index in [4.69, 9.17) is 4.42 Å². The summed E-state index contributed by atoms with van der Waals surface area (Å²) in [5.41, 5.74) is -2.36. The molecular formula is C20H16F3N3O3S2. The number of fused-ring (bicyclic) bond motifs is 1. The van der Waals surface area contributed by atoms with Gasteiger partial charge in [0.2, 0.25) is 11.0 Å². The number of pyridine rings is 1. The molecule has 0 N–H and O–H groups in total. The summed E-state index contributed by atoms with van der Waals surface area (Å²) in [7, 11) is -3.54. The zero-order chi connectivity index (χ0) is 22.3. The number of rotatable bonds is 5. The van der Waals surface area contributed by atoms with E-state index in [0.717, 1.165) is 22.7 Å². The Labute approximate surface area is 181 Å². The minimum atomic E-state index is -5.08. The van der Waals surface area contributed by atoms with Gasteiger partial charge in [-0.25, -0.2) is 14.0 Å². The highest BCUT2D eigenvalue weighted by Crippen LogP contribution is 2.31. The average Bonchev–Trinajstić information content (AvgIpc) is 3.30. The van der Waals surface area contributed by atoms with E-state index < -0.39 is 22.3 Å². The van der Waals surface area contributed by atoms with Crippen LogP contribution < -0.4 is 5.76 Å². The van der Waals surface area contributed by atoms with Crippen LogP contribution in [0.25, 0.3) is 32.9 Å². The number of aromatic nitrogens is 3. The Morgan fingerprint density at radius 3 is 2.68 bits per heavy atom. The molecule has 162 valence electrons. The molecule has 3 aromatic heterocycles. The van der Waals surface area contributed by atoms with Gasteiger partial charge in [-0.3, -0.25) is 4.98 Å². The fourth-order valence-electron chi connectivity index (χ4n) is 3.10. The number of hydrogen-bond acceptors (Lipinski definition) is 6. The van der Waals surface area contributed by atoms with Gasteiger partial charge >= 0.3 is 11.3 Å². The Balaban J connectivity index is 1.69. The lowest BCUT2D eigenvalue weighted by molar-refractivity contribution is -0.0393. The van der Waals surface area contributed by atoms with Gasteiger partial charge in [-0.15, -0.1) is 11.3 Å². The molecule has 1 atom stereocenters. The van der Waals surface area contributed by atoms with Gasteiger partial charge in [0, 0.05) is 28.4 Å². The number of benzene rings is 1. The van der Waals surface area contributed by atoms with Gasteiger partial charge < -0.3 is 4.42 Å². The molecule has 0 saturated heterocycles. The highest BCUT2D eigenvalue weighted by molar-refractivity contribution is 7.84. The van der Waals surface area contributed by atoms with Crippen LogP contribution in [0, 0.1) is 5.92 Å². The predicted octanol–water partition coefficient (Wildman–Crippen LogP) is 5.01. The summed E-state index contributed by atoms with van der Waals surface area (Å²) >= 11 is 1.41. The molecule has 4 aromatic rings. The molecule has 6 nitrogen and oxygen atoms in total. The summed E-state index contributed by atoms with van der Waals surface area (Å²) in [6.07, 6.45) is 2.58. The number of nitrogens with zero attached hydrogens (tertiary/aromatic N) is 3. The lowest BCUT2D eigenvalue weighted by Gasteiger charge is -2.05. The second-order valence-electron chi connectivity index (χ2n) is 7.21. The molecule has 0 aliphatic heterocycles. The first kappa shape index (κ1) is 21.4. The Morgan fingerprint density at radius 1 is 1.19 bits per heavy atom. The zero-order valence-electron chi connectivity index (χ0n) is 16.3. The van der Waals surface area contributed by atoms with Crippen molar-refractivity contribution < 1.29 is 21.8 Å². The van der Waals surface area contributed by atoms with Gasteiger partial charge in [-0.2, -0.15) is 17.1 Å². The van der Waals surface area contributed by atoms with Crippen molar-refractivity contribution >= 4 is 33.4 Å². The average molecular weight is 467 g/mol. The quantitative estimate of drug-likeness (QED) is 0.412. The molecule has 0 saturated carbocycles. The number of halogens is 3. The van der Waals surface area contributed by atoms with Crippen LogP contribution in [0.2, 0.25) is 0 Å². The smallest absolute Gasteiger partial charge is 0.407 e. The topological polar surface area (TPSA) is 78.0 Å². The van der Waals surface area contributed by atoms with Crippen LogP contribution in [0.15, 0.2) is 51.1 Å². The molecule has 4 rings (SSSR count). The van der Waals surface area contributed by atoms with Gasteiger partial charge in [0.15, 0.2) is 5.58 Å². The maximum Gasteiger partial charge on any atom is 0.491 e. The van der Waals surface area contributed by atoms with Crippen molar-refractivity contribution in [3.05, 3.63) is 58.2 Å². The van der Waals surface area contributed by atoms with Gasteiger partial charge in [0.25, 0.3) is 0 Å². The molecule has 31 heavy (non-hydrogen) atoms. The van der Waals surface area contributed by atoms with Gasteiger partial charge in [0.1, 0.15) is 10.5 Å². The van der Waals surface area contributed by atoms with Crippen molar-refractivity contribution in [2.45, 2.75) is 25.8 Å². The van der Waals surface area contributed by atoms with Crippen LogP contribution in [-0.4, -0.2) is 23.7 Å². The first-order valence-electron chi connectivity index (χ1n) is 9.19. The minimum absolute atomic E-state index is 0.0960. The van der Waals surface area contributed by atoms with Crippen molar-refractivity contribution in [1.82, 2.24) is 13.9 Å². The molecule has 0 spiro atoms. The van der Waals surface area contributed by atoms with Gasteiger partial charge in [0.05, 0.1) is 5.69 Å². The highest BCUT2D eigenvalue weighted by Gasteiger charge is 2.41. The Hall–Kier alpha value is -2.79. The second kappa shape index (κ2) is 8.04. The van der Waals surface area contributed by atoms with Gasteiger partial charge in [-0.05, 0) is 36.6 Å². The van der Waals surface area contributed by atoms with Crippen LogP contribution in [0.4, 0.5) is 13.2 Å². The maximum absolute atomic E-state index is 12.8. The van der Waals surface area contributed by atoms with Gasteiger partial charge in [-0.1, -0.05) is 19.9 Å². The van der Waals surface area contributed by atoms with Crippen molar-refractivity contribution in [1.29, 1.82) is 0 Å². The zero-order valence-corrected chi connectivity index (χ0v) is 18.0. The molecule has 0 radical (unpaired) electrons. The van der Waals surface area contributed by atoms with E-state index in [1.807, 2.05) is 17.5 Å². The second-order valence-corrected chi connectivity index (χ2v) is 9.40. The maximum atomic E-state index is 12.8. The van der Waals surface area contributed by atoms with E-state index in [0.29, 0.717) is 17.2 Å². The summed E-state index contributed by atoms with van der Waals surface area (Å²) < 4.78 is 55.1. The Bertz CT molecular complexity index is 1340. The van der Waals surface area contributed by atoms with Crippen molar-refractivity contribution in [2.75, 3.05) is 0 Å². The normalized spacial score (nSPS) is 13.2. The third kappa shape index (κ3) is 4.33. The fraction of sp³-hybridized carbons (Fsp3) is 0.250. The van der Waals surface area contributed by atoms with E-state index in [1.54, 1.807) is 6.20 Å². The molecule has 0 aliphatic carbocycles. The molecule has 1 unspecified atom stereocenters. The monoisotopic (exact) mass is 467 g/mol. The van der Waals surface area contributed by atoms with Crippen LogP contribution in [0.1, 0.15) is 19.5 Å². The molecule has 0 bridgehead atoms. The Kier molecular flexibility index (Phi) is 5.56. The van der Waals surface area contributed by atoms with Crippen molar-refractivity contribution in [2.24, 2.45) is 5.92 Å². The number of thiazole rings is 1. The first-order chi connectivity index (χ1) is 14.6. The molecule has 0 amide bonds. The largest absolute Gasteiger partial charge is 0.491 e. The van der Waals surface area contributed by atoms with Crippen molar-refractivity contribution in [3.63, 3.8) is 0 Å². The SMILES string of the molecule is CC(C)Cc1cc(-c2nc(-c3ccc4c(c3)oc(=O)n4S(=O)C(F)(F)F)cs2)ccn1. The number of alkyl halides is 3.